The van der Waals surface area contributed by atoms with E-state index in [0.717, 1.165) is 17.7 Å². The Morgan fingerprint density at radius 2 is 1.88 bits per heavy atom. The molecule has 4 nitrogen and oxygen atoms in total. The lowest BCUT2D eigenvalue weighted by molar-refractivity contribution is -0.139. The molecule has 1 atom stereocenters. The van der Waals surface area contributed by atoms with Crippen molar-refractivity contribution in [3.8, 4) is 5.75 Å². The lowest BCUT2D eigenvalue weighted by atomic mass is 10.1. The number of amides is 1. The van der Waals surface area contributed by atoms with Crippen LogP contribution in [0.4, 0.5) is 5.69 Å². The summed E-state index contributed by atoms with van der Waals surface area (Å²) in [6.45, 7) is 4.41. The SMILES string of the molecule is CCc1ccc(OC(=O)[C@@H]2CC(=O)N(c3ccccc3C)C2)cc1. The summed E-state index contributed by atoms with van der Waals surface area (Å²) in [6.07, 6.45) is 1.14. The number of hydrogen-bond donors (Lipinski definition) is 0. The highest BCUT2D eigenvalue weighted by atomic mass is 16.5. The van der Waals surface area contributed by atoms with Gasteiger partial charge in [-0.3, -0.25) is 9.59 Å². The maximum atomic E-state index is 12.4. The molecule has 0 unspecified atom stereocenters. The summed E-state index contributed by atoms with van der Waals surface area (Å²) < 4.78 is 5.44. The Morgan fingerprint density at radius 1 is 1.17 bits per heavy atom. The van der Waals surface area contributed by atoms with Crippen molar-refractivity contribution in [2.75, 3.05) is 11.4 Å². The fourth-order valence-electron chi connectivity index (χ4n) is 2.96. The number of hydrogen-bond acceptors (Lipinski definition) is 3. The van der Waals surface area contributed by atoms with Gasteiger partial charge in [0.05, 0.1) is 5.92 Å². The van der Waals surface area contributed by atoms with Crippen LogP contribution in [0.5, 0.6) is 5.75 Å². The fourth-order valence-corrected chi connectivity index (χ4v) is 2.96. The zero-order chi connectivity index (χ0) is 17.1. The highest BCUT2D eigenvalue weighted by Crippen LogP contribution is 2.28. The molecule has 1 saturated heterocycles. The number of carbonyl (C=O) groups is 2. The van der Waals surface area contributed by atoms with Crippen molar-refractivity contribution < 1.29 is 14.3 Å². The van der Waals surface area contributed by atoms with Crippen molar-refractivity contribution in [3.05, 3.63) is 59.7 Å². The summed E-state index contributed by atoms with van der Waals surface area (Å²) in [5.41, 5.74) is 3.08. The van der Waals surface area contributed by atoms with E-state index in [2.05, 4.69) is 6.92 Å². The van der Waals surface area contributed by atoms with Gasteiger partial charge in [-0.05, 0) is 42.7 Å². The van der Waals surface area contributed by atoms with E-state index in [-0.39, 0.29) is 18.3 Å². The molecule has 1 heterocycles. The number of carbonyl (C=O) groups excluding carboxylic acids is 2. The third-order valence-corrected chi connectivity index (χ3v) is 4.41. The zero-order valence-electron chi connectivity index (χ0n) is 14.0. The first-order valence-electron chi connectivity index (χ1n) is 8.25. The molecule has 2 aromatic carbocycles. The number of nitrogens with zero attached hydrogens (tertiary/aromatic N) is 1. The van der Waals surface area contributed by atoms with Crippen LogP contribution in [-0.4, -0.2) is 18.4 Å². The Bertz CT molecular complexity index is 752. The van der Waals surface area contributed by atoms with Crippen molar-refractivity contribution >= 4 is 17.6 Å². The average Bonchev–Trinajstić information content (AvgIpc) is 2.98. The summed E-state index contributed by atoms with van der Waals surface area (Å²) in [6, 6.07) is 15.2. The molecule has 0 aromatic heterocycles. The highest BCUT2D eigenvalue weighted by Gasteiger charge is 2.36. The smallest absolute Gasteiger partial charge is 0.316 e. The van der Waals surface area contributed by atoms with Crippen molar-refractivity contribution in [2.45, 2.75) is 26.7 Å². The Hall–Kier alpha value is -2.62. The Kier molecular flexibility index (Phi) is 4.65. The first-order valence-corrected chi connectivity index (χ1v) is 8.25. The Morgan fingerprint density at radius 3 is 2.54 bits per heavy atom. The van der Waals surface area contributed by atoms with E-state index < -0.39 is 5.92 Å². The number of aryl methyl sites for hydroxylation is 2. The van der Waals surface area contributed by atoms with E-state index >= 15 is 0 Å². The van der Waals surface area contributed by atoms with Gasteiger partial charge in [-0.1, -0.05) is 37.3 Å². The van der Waals surface area contributed by atoms with Gasteiger partial charge in [0.2, 0.25) is 5.91 Å². The molecule has 0 radical (unpaired) electrons. The number of ether oxygens (including phenoxy) is 1. The van der Waals surface area contributed by atoms with E-state index in [0.29, 0.717) is 12.3 Å². The second-order valence-electron chi connectivity index (χ2n) is 6.11. The van der Waals surface area contributed by atoms with Gasteiger partial charge in [0.15, 0.2) is 0 Å². The van der Waals surface area contributed by atoms with Gasteiger partial charge in [0, 0.05) is 18.7 Å². The molecule has 1 aliphatic rings. The summed E-state index contributed by atoms with van der Waals surface area (Å²) in [4.78, 5) is 26.4. The lowest BCUT2D eigenvalue weighted by Crippen LogP contribution is -2.27. The van der Waals surface area contributed by atoms with Gasteiger partial charge in [0.1, 0.15) is 5.75 Å². The number of rotatable bonds is 4. The second-order valence-corrected chi connectivity index (χ2v) is 6.11. The summed E-state index contributed by atoms with van der Waals surface area (Å²) in [5, 5.41) is 0. The minimum Gasteiger partial charge on any atom is -0.426 e. The predicted molar refractivity (Wildman–Crippen MR) is 93.1 cm³/mol. The van der Waals surface area contributed by atoms with Gasteiger partial charge in [-0.2, -0.15) is 0 Å². The van der Waals surface area contributed by atoms with Crippen LogP contribution in [-0.2, 0) is 16.0 Å². The summed E-state index contributed by atoms with van der Waals surface area (Å²) in [7, 11) is 0. The average molecular weight is 323 g/mol. The van der Waals surface area contributed by atoms with Crippen LogP contribution in [0.15, 0.2) is 48.5 Å². The van der Waals surface area contributed by atoms with E-state index in [1.54, 1.807) is 17.0 Å². The topological polar surface area (TPSA) is 46.6 Å². The van der Waals surface area contributed by atoms with Crippen LogP contribution >= 0.6 is 0 Å². The third kappa shape index (κ3) is 3.32. The zero-order valence-corrected chi connectivity index (χ0v) is 14.0. The van der Waals surface area contributed by atoms with Crippen molar-refractivity contribution in [1.29, 1.82) is 0 Å². The first-order chi connectivity index (χ1) is 11.6. The van der Waals surface area contributed by atoms with Crippen LogP contribution in [0.3, 0.4) is 0 Å². The van der Waals surface area contributed by atoms with Crippen LogP contribution in [0.1, 0.15) is 24.5 Å². The van der Waals surface area contributed by atoms with Gasteiger partial charge in [-0.25, -0.2) is 0 Å². The second kappa shape index (κ2) is 6.87. The Labute approximate surface area is 142 Å². The molecular weight excluding hydrogens is 302 g/mol. The third-order valence-electron chi connectivity index (χ3n) is 4.41. The molecule has 0 saturated carbocycles. The van der Waals surface area contributed by atoms with Crippen molar-refractivity contribution in [2.24, 2.45) is 5.92 Å². The molecular formula is C20H21NO3. The number of benzene rings is 2. The minimum atomic E-state index is -0.428. The van der Waals surface area contributed by atoms with Gasteiger partial charge in [-0.15, -0.1) is 0 Å². The van der Waals surface area contributed by atoms with Gasteiger partial charge >= 0.3 is 5.97 Å². The fraction of sp³-hybridized carbons (Fsp3) is 0.300. The molecule has 0 bridgehead atoms. The lowest BCUT2D eigenvalue weighted by Gasteiger charge is -2.18. The standard InChI is InChI=1S/C20H21NO3/c1-3-15-8-10-17(11-9-15)24-20(23)16-12-19(22)21(13-16)18-7-5-4-6-14(18)2/h4-11,16H,3,12-13H2,1-2H3/t16-/m1/s1. The van der Waals surface area contributed by atoms with E-state index in [1.807, 2.05) is 43.3 Å². The first kappa shape index (κ1) is 16.2. The van der Waals surface area contributed by atoms with Crippen molar-refractivity contribution in [3.63, 3.8) is 0 Å². The molecule has 1 aliphatic heterocycles. The molecule has 1 amide bonds. The molecule has 0 aliphatic carbocycles. The van der Waals surface area contributed by atoms with Gasteiger partial charge < -0.3 is 9.64 Å². The maximum absolute atomic E-state index is 12.4. The quantitative estimate of drug-likeness (QED) is 0.639. The highest BCUT2D eigenvalue weighted by molar-refractivity contribution is 6.00. The van der Waals surface area contributed by atoms with Crippen LogP contribution < -0.4 is 9.64 Å². The Balaban J connectivity index is 1.68. The van der Waals surface area contributed by atoms with Crippen LogP contribution in [0, 0.1) is 12.8 Å². The summed E-state index contributed by atoms with van der Waals surface area (Å²) in [5.74, 6) is -0.279. The largest absolute Gasteiger partial charge is 0.426 e. The van der Waals surface area contributed by atoms with E-state index in [4.69, 9.17) is 4.74 Å². The maximum Gasteiger partial charge on any atom is 0.316 e. The molecule has 1 fully saturated rings. The molecule has 2 aromatic rings. The normalized spacial score (nSPS) is 17.2. The van der Waals surface area contributed by atoms with E-state index in [9.17, 15) is 9.59 Å². The molecule has 0 spiro atoms. The molecule has 124 valence electrons. The molecule has 0 N–H and O–H groups in total. The number of esters is 1. The molecule has 3 rings (SSSR count). The predicted octanol–water partition coefficient (Wildman–Crippen LogP) is 3.52. The van der Waals surface area contributed by atoms with E-state index in [1.165, 1.54) is 5.56 Å². The van der Waals surface area contributed by atoms with Crippen LogP contribution in [0.25, 0.3) is 0 Å². The molecule has 4 heteroatoms. The summed E-state index contributed by atoms with van der Waals surface area (Å²) >= 11 is 0. The van der Waals surface area contributed by atoms with Crippen molar-refractivity contribution in [1.82, 2.24) is 0 Å². The molecule has 24 heavy (non-hydrogen) atoms. The monoisotopic (exact) mass is 323 g/mol. The minimum absolute atomic E-state index is 0.0346. The van der Waals surface area contributed by atoms with Gasteiger partial charge in [0.25, 0.3) is 0 Å². The number of para-hydroxylation sites is 1. The number of anilines is 1. The van der Waals surface area contributed by atoms with Crippen LogP contribution in [0.2, 0.25) is 0 Å².